The minimum absolute atomic E-state index is 0.0635. The van der Waals surface area contributed by atoms with Gasteiger partial charge in [0, 0.05) is 5.41 Å². The highest BCUT2D eigenvalue weighted by Crippen LogP contribution is 2.40. The summed E-state index contributed by atoms with van der Waals surface area (Å²) in [5, 5.41) is 0. The van der Waals surface area contributed by atoms with Crippen molar-refractivity contribution < 1.29 is 4.79 Å². The molecule has 0 aliphatic carbocycles. The molecule has 0 spiro atoms. The highest BCUT2D eigenvalue weighted by Gasteiger charge is 2.36. The van der Waals surface area contributed by atoms with Crippen molar-refractivity contribution in [2.24, 2.45) is 10.8 Å². The molecule has 0 aromatic rings. The first-order chi connectivity index (χ1) is 9.87. The van der Waals surface area contributed by atoms with Crippen LogP contribution in [-0.2, 0) is 4.79 Å². The summed E-state index contributed by atoms with van der Waals surface area (Å²) in [6.45, 7) is 10.7. The molecule has 0 rings (SSSR count). The van der Waals surface area contributed by atoms with Crippen LogP contribution in [0.5, 0.6) is 0 Å². The molecule has 0 saturated carbocycles. The van der Waals surface area contributed by atoms with E-state index in [1.165, 1.54) is 70.6 Å². The molecule has 0 aromatic heterocycles. The van der Waals surface area contributed by atoms with E-state index in [-0.39, 0.29) is 10.8 Å². The Hall–Kier alpha value is -0.330. The van der Waals surface area contributed by atoms with Crippen LogP contribution >= 0.6 is 0 Å². The second-order valence-electron chi connectivity index (χ2n) is 7.90. The van der Waals surface area contributed by atoms with Crippen LogP contribution in [0.2, 0.25) is 0 Å². The summed E-state index contributed by atoms with van der Waals surface area (Å²) in [6, 6.07) is 0. The molecule has 0 aliphatic rings. The maximum absolute atomic E-state index is 11.0. The second-order valence-corrected chi connectivity index (χ2v) is 7.90. The van der Waals surface area contributed by atoms with Crippen LogP contribution in [0.4, 0.5) is 0 Å². The van der Waals surface area contributed by atoms with Crippen molar-refractivity contribution in [1.82, 2.24) is 0 Å². The molecule has 0 bridgehead atoms. The fourth-order valence-corrected chi connectivity index (χ4v) is 2.68. The number of rotatable bonds is 14. The predicted octanol–water partition coefficient (Wildman–Crippen LogP) is 6.85. The maximum atomic E-state index is 11.0. The normalized spacial score (nSPS) is 12.6. The molecule has 0 saturated heterocycles. The van der Waals surface area contributed by atoms with Gasteiger partial charge in [-0.15, -0.1) is 0 Å². The third-order valence-corrected chi connectivity index (χ3v) is 5.35. The Morgan fingerprint density at radius 2 is 1.05 bits per heavy atom. The van der Waals surface area contributed by atoms with E-state index in [2.05, 4.69) is 27.1 Å². The van der Waals surface area contributed by atoms with E-state index < -0.39 is 0 Å². The SMILES string of the molecule is CCCCCCCCCCCCCC(C)(C)C(C)(C)[C]=O. The molecule has 1 radical (unpaired) electrons. The molecular formula is C20H39O. The molecule has 0 N–H and O–H groups in total. The Morgan fingerprint density at radius 3 is 1.43 bits per heavy atom. The molecule has 125 valence electrons. The molecule has 1 nitrogen and oxygen atoms in total. The smallest absolute Gasteiger partial charge is 0.205 e. The number of unbranched alkanes of at least 4 members (excludes halogenated alkanes) is 10. The van der Waals surface area contributed by atoms with Crippen molar-refractivity contribution in [3.8, 4) is 0 Å². The lowest BCUT2D eigenvalue weighted by Crippen LogP contribution is -2.33. The fourth-order valence-electron chi connectivity index (χ4n) is 2.68. The summed E-state index contributed by atoms with van der Waals surface area (Å²) in [5.41, 5.74) is -0.264. The van der Waals surface area contributed by atoms with Crippen molar-refractivity contribution >= 4 is 6.29 Å². The van der Waals surface area contributed by atoms with Gasteiger partial charge in [0.05, 0.1) is 0 Å². The Kier molecular flexibility index (Phi) is 11.1. The van der Waals surface area contributed by atoms with Crippen molar-refractivity contribution in [3.05, 3.63) is 0 Å². The number of hydrogen-bond acceptors (Lipinski definition) is 1. The van der Waals surface area contributed by atoms with Crippen LogP contribution in [0.15, 0.2) is 0 Å². The first-order valence-corrected chi connectivity index (χ1v) is 9.26. The van der Waals surface area contributed by atoms with Crippen molar-refractivity contribution in [3.63, 3.8) is 0 Å². The minimum Gasteiger partial charge on any atom is -0.290 e. The van der Waals surface area contributed by atoms with Gasteiger partial charge in [0.1, 0.15) is 0 Å². The van der Waals surface area contributed by atoms with E-state index in [4.69, 9.17) is 0 Å². The minimum atomic E-state index is -0.328. The monoisotopic (exact) mass is 295 g/mol. The average molecular weight is 296 g/mol. The Morgan fingerprint density at radius 1 is 0.667 bits per heavy atom. The Balaban J connectivity index is 3.46. The van der Waals surface area contributed by atoms with Crippen LogP contribution in [0.25, 0.3) is 0 Å². The van der Waals surface area contributed by atoms with E-state index in [1.807, 2.05) is 13.8 Å². The van der Waals surface area contributed by atoms with Gasteiger partial charge >= 0.3 is 0 Å². The lowest BCUT2D eigenvalue weighted by molar-refractivity contribution is 0.161. The summed E-state index contributed by atoms with van der Waals surface area (Å²) < 4.78 is 0. The van der Waals surface area contributed by atoms with Gasteiger partial charge in [-0.25, -0.2) is 0 Å². The van der Waals surface area contributed by atoms with Crippen LogP contribution in [-0.4, -0.2) is 6.29 Å². The van der Waals surface area contributed by atoms with E-state index in [1.54, 1.807) is 0 Å². The van der Waals surface area contributed by atoms with Gasteiger partial charge in [-0.1, -0.05) is 105 Å². The van der Waals surface area contributed by atoms with Gasteiger partial charge < -0.3 is 0 Å². The van der Waals surface area contributed by atoms with Crippen LogP contribution in [0, 0.1) is 10.8 Å². The van der Waals surface area contributed by atoms with Crippen LogP contribution < -0.4 is 0 Å². The second kappa shape index (κ2) is 11.3. The molecule has 21 heavy (non-hydrogen) atoms. The van der Waals surface area contributed by atoms with Crippen LogP contribution in [0.1, 0.15) is 112 Å². The quantitative estimate of drug-likeness (QED) is 0.320. The Labute approximate surface area is 134 Å². The molecule has 0 amide bonds. The first-order valence-electron chi connectivity index (χ1n) is 9.26. The maximum Gasteiger partial charge on any atom is 0.205 e. The summed E-state index contributed by atoms with van der Waals surface area (Å²) in [4.78, 5) is 11.0. The van der Waals surface area contributed by atoms with Gasteiger partial charge in [-0.05, 0) is 11.8 Å². The summed E-state index contributed by atoms with van der Waals surface area (Å²) in [5.74, 6) is 0. The molecule has 0 unspecified atom stereocenters. The van der Waals surface area contributed by atoms with Crippen molar-refractivity contribution in [1.29, 1.82) is 0 Å². The van der Waals surface area contributed by atoms with Crippen molar-refractivity contribution in [2.45, 2.75) is 112 Å². The van der Waals surface area contributed by atoms with Gasteiger partial charge in [0.15, 0.2) is 0 Å². The van der Waals surface area contributed by atoms with E-state index >= 15 is 0 Å². The third-order valence-electron chi connectivity index (χ3n) is 5.35. The topological polar surface area (TPSA) is 17.1 Å². The number of carbonyl (C=O) groups excluding carboxylic acids is 1. The summed E-state index contributed by atoms with van der Waals surface area (Å²) in [6.07, 6.45) is 18.5. The lowest BCUT2D eigenvalue weighted by Gasteiger charge is -2.36. The molecule has 0 aromatic carbocycles. The van der Waals surface area contributed by atoms with Crippen LogP contribution in [0.3, 0.4) is 0 Å². The fraction of sp³-hybridized carbons (Fsp3) is 0.950. The number of hydrogen-bond donors (Lipinski definition) is 0. The van der Waals surface area contributed by atoms with Gasteiger partial charge in [0.25, 0.3) is 0 Å². The molecule has 0 aliphatic heterocycles. The standard InChI is InChI=1S/C20H39O/c1-6-7-8-9-10-11-12-13-14-15-16-17-19(2,3)20(4,5)18-21/h6-17H2,1-5H3. The highest BCUT2D eigenvalue weighted by molar-refractivity contribution is 5.60. The highest BCUT2D eigenvalue weighted by atomic mass is 16.1. The van der Waals surface area contributed by atoms with Gasteiger partial charge in [-0.3, -0.25) is 4.79 Å². The van der Waals surface area contributed by atoms with E-state index in [9.17, 15) is 4.79 Å². The van der Waals surface area contributed by atoms with Crippen molar-refractivity contribution in [2.75, 3.05) is 0 Å². The first kappa shape index (κ1) is 20.7. The van der Waals surface area contributed by atoms with E-state index in [0.29, 0.717) is 0 Å². The average Bonchev–Trinajstić information content (AvgIpc) is 2.44. The summed E-state index contributed by atoms with van der Waals surface area (Å²) >= 11 is 0. The zero-order valence-corrected chi connectivity index (χ0v) is 15.4. The lowest BCUT2D eigenvalue weighted by atomic mass is 9.66. The molecule has 0 fully saturated rings. The van der Waals surface area contributed by atoms with Gasteiger partial charge in [0.2, 0.25) is 6.29 Å². The Bertz CT molecular complexity index is 253. The third kappa shape index (κ3) is 9.32. The molecule has 0 heterocycles. The molecule has 0 atom stereocenters. The van der Waals surface area contributed by atoms with Gasteiger partial charge in [-0.2, -0.15) is 0 Å². The zero-order valence-electron chi connectivity index (χ0n) is 15.4. The predicted molar refractivity (Wildman–Crippen MR) is 94.3 cm³/mol. The largest absolute Gasteiger partial charge is 0.290 e. The summed E-state index contributed by atoms with van der Waals surface area (Å²) in [7, 11) is 0. The molecular weight excluding hydrogens is 256 g/mol. The molecule has 1 heteroatoms. The zero-order chi connectivity index (χ0) is 16.2. The van der Waals surface area contributed by atoms with E-state index in [0.717, 1.165) is 6.42 Å².